The minimum absolute atomic E-state index is 0.456. The van der Waals surface area contributed by atoms with Crippen LogP contribution in [0.4, 0.5) is 0 Å². The molecule has 0 bridgehead atoms. The first kappa shape index (κ1) is 18.1. The van der Waals surface area contributed by atoms with Gasteiger partial charge in [-0.05, 0) is 23.7 Å². The van der Waals surface area contributed by atoms with E-state index in [0.29, 0.717) is 6.54 Å². The van der Waals surface area contributed by atoms with Crippen molar-refractivity contribution in [2.45, 2.75) is 19.2 Å². The summed E-state index contributed by atoms with van der Waals surface area (Å²) in [5.74, 6) is 0. The summed E-state index contributed by atoms with van der Waals surface area (Å²) in [4.78, 5) is 4.61. The van der Waals surface area contributed by atoms with Gasteiger partial charge < -0.3 is 9.84 Å². The summed E-state index contributed by atoms with van der Waals surface area (Å²) in [5, 5.41) is 10.4. The van der Waals surface area contributed by atoms with Gasteiger partial charge in [0.2, 0.25) is 0 Å². The molecule has 25 heavy (non-hydrogen) atoms. The van der Waals surface area contributed by atoms with Crippen LogP contribution in [0.5, 0.6) is 0 Å². The van der Waals surface area contributed by atoms with Gasteiger partial charge in [0.1, 0.15) is 0 Å². The van der Waals surface area contributed by atoms with Crippen LogP contribution in [-0.4, -0.2) is 54.8 Å². The van der Waals surface area contributed by atoms with E-state index in [2.05, 4.69) is 41.1 Å². The summed E-state index contributed by atoms with van der Waals surface area (Å²) in [6, 6.07) is 18.6. The maximum atomic E-state index is 10.4. The summed E-state index contributed by atoms with van der Waals surface area (Å²) >= 11 is 0. The fraction of sp³-hybridized carbons (Fsp3) is 0.429. The smallest absolute Gasteiger partial charge is 0.0916 e. The van der Waals surface area contributed by atoms with Crippen molar-refractivity contribution in [3.05, 3.63) is 71.3 Å². The van der Waals surface area contributed by atoms with Crippen LogP contribution in [0.1, 0.15) is 22.8 Å². The molecule has 4 nitrogen and oxygen atoms in total. The molecule has 4 heteroatoms. The quantitative estimate of drug-likeness (QED) is 0.841. The summed E-state index contributed by atoms with van der Waals surface area (Å²) < 4.78 is 5.42. The Morgan fingerprint density at radius 3 is 2.52 bits per heavy atom. The minimum atomic E-state index is -0.456. The number of rotatable bonds is 7. The number of aliphatic hydroxyl groups excluding tert-OH is 1. The van der Waals surface area contributed by atoms with Gasteiger partial charge in [-0.15, -0.1) is 0 Å². The van der Waals surface area contributed by atoms with Crippen molar-refractivity contribution >= 4 is 0 Å². The lowest BCUT2D eigenvalue weighted by Crippen LogP contribution is -2.35. The molecule has 0 aromatic heterocycles. The van der Waals surface area contributed by atoms with Crippen molar-refractivity contribution in [1.29, 1.82) is 0 Å². The number of hydrogen-bond acceptors (Lipinski definition) is 4. The van der Waals surface area contributed by atoms with E-state index in [9.17, 15) is 5.11 Å². The highest BCUT2D eigenvalue weighted by Crippen LogP contribution is 2.16. The van der Waals surface area contributed by atoms with Crippen molar-refractivity contribution in [3.63, 3.8) is 0 Å². The van der Waals surface area contributed by atoms with Gasteiger partial charge in [0.05, 0.1) is 19.3 Å². The predicted molar refractivity (Wildman–Crippen MR) is 100 cm³/mol. The molecule has 0 unspecified atom stereocenters. The molecule has 1 N–H and O–H groups in total. The van der Waals surface area contributed by atoms with E-state index in [-0.39, 0.29) is 0 Å². The molecule has 0 spiro atoms. The molecule has 3 rings (SSSR count). The van der Waals surface area contributed by atoms with E-state index in [1.807, 2.05) is 30.3 Å². The van der Waals surface area contributed by atoms with Gasteiger partial charge in [0.15, 0.2) is 0 Å². The Balaban J connectivity index is 1.54. The number of hydrogen-bond donors (Lipinski definition) is 1. The average molecular weight is 340 g/mol. The Morgan fingerprint density at radius 2 is 1.76 bits per heavy atom. The normalized spacial score (nSPS) is 16.9. The van der Waals surface area contributed by atoms with E-state index in [1.165, 1.54) is 11.1 Å². The van der Waals surface area contributed by atoms with Crippen LogP contribution >= 0.6 is 0 Å². The Hall–Kier alpha value is -1.72. The van der Waals surface area contributed by atoms with E-state index < -0.39 is 6.10 Å². The van der Waals surface area contributed by atoms with Gasteiger partial charge in [-0.1, -0.05) is 54.6 Å². The van der Waals surface area contributed by atoms with Crippen molar-refractivity contribution in [1.82, 2.24) is 9.80 Å². The van der Waals surface area contributed by atoms with E-state index in [1.54, 1.807) is 0 Å². The van der Waals surface area contributed by atoms with Gasteiger partial charge in [-0.25, -0.2) is 0 Å². The molecule has 0 radical (unpaired) electrons. The van der Waals surface area contributed by atoms with Gasteiger partial charge in [0, 0.05) is 32.7 Å². The summed E-state index contributed by atoms with van der Waals surface area (Å²) in [7, 11) is 2.06. The number of aliphatic hydroxyl groups is 1. The van der Waals surface area contributed by atoms with Gasteiger partial charge >= 0.3 is 0 Å². The van der Waals surface area contributed by atoms with Crippen molar-refractivity contribution in [2.24, 2.45) is 0 Å². The SMILES string of the molecule is CN(Cc1cccc(CN2CCOCC2)c1)C[C@@H](O)c1ccccc1. The Labute approximate surface area is 150 Å². The second-order valence-corrected chi connectivity index (χ2v) is 6.83. The first-order valence-corrected chi connectivity index (χ1v) is 9.00. The van der Waals surface area contributed by atoms with Gasteiger partial charge in [-0.2, -0.15) is 0 Å². The highest BCUT2D eigenvalue weighted by atomic mass is 16.5. The largest absolute Gasteiger partial charge is 0.387 e. The molecule has 1 heterocycles. The zero-order valence-corrected chi connectivity index (χ0v) is 15.0. The lowest BCUT2D eigenvalue weighted by molar-refractivity contribution is 0.0342. The first-order valence-electron chi connectivity index (χ1n) is 9.00. The van der Waals surface area contributed by atoms with Gasteiger partial charge in [-0.3, -0.25) is 9.80 Å². The van der Waals surface area contributed by atoms with Crippen LogP contribution in [0.15, 0.2) is 54.6 Å². The third-order valence-corrected chi connectivity index (χ3v) is 4.62. The molecule has 1 aliphatic rings. The number of benzene rings is 2. The molecule has 0 amide bonds. The van der Waals surface area contributed by atoms with Crippen molar-refractivity contribution < 1.29 is 9.84 Å². The molecule has 134 valence electrons. The molecule has 1 aliphatic heterocycles. The summed E-state index contributed by atoms with van der Waals surface area (Å²) in [6.07, 6.45) is -0.456. The fourth-order valence-electron chi connectivity index (χ4n) is 3.30. The van der Waals surface area contributed by atoms with Crippen LogP contribution in [0.25, 0.3) is 0 Å². The first-order chi connectivity index (χ1) is 12.2. The molecule has 1 fully saturated rings. The molecule has 1 atom stereocenters. The molecule has 0 saturated carbocycles. The van der Waals surface area contributed by atoms with Crippen LogP contribution in [0.2, 0.25) is 0 Å². The second kappa shape index (κ2) is 9.11. The number of ether oxygens (including phenoxy) is 1. The lowest BCUT2D eigenvalue weighted by atomic mass is 10.1. The van der Waals surface area contributed by atoms with Crippen LogP contribution in [0, 0.1) is 0 Å². The Morgan fingerprint density at radius 1 is 1.04 bits per heavy atom. The van der Waals surface area contributed by atoms with Gasteiger partial charge in [0.25, 0.3) is 0 Å². The second-order valence-electron chi connectivity index (χ2n) is 6.83. The fourth-order valence-corrected chi connectivity index (χ4v) is 3.30. The monoisotopic (exact) mass is 340 g/mol. The molecular formula is C21H28N2O2. The van der Waals surface area contributed by atoms with E-state index in [0.717, 1.165) is 45.0 Å². The highest BCUT2D eigenvalue weighted by molar-refractivity contribution is 5.24. The third kappa shape index (κ3) is 5.65. The molecule has 2 aromatic carbocycles. The molecule has 0 aliphatic carbocycles. The standard InChI is InChI=1S/C21H28N2O2/c1-22(17-21(24)20-8-3-2-4-9-20)15-18-6-5-7-19(14-18)16-23-10-12-25-13-11-23/h2-9,14,21,24H,10-13,15-17H2,1H3/t21-/m1/s1. The summed E-state index contributed by atoms with van der Waals surface area (Å²) in [6.45, 7) is 6.12. The zero-order chi connectivity index (χ0) is 17.5. The van der Waals surface area contributed by atoms with Crippen LogP contribution < -0.4 is 0 Å². The van der Waals surface area contributed by atoms with Crippen molar-refractivity contribution in [3.8, 4) is 0 Å². The van der Waals surface area contributed by atoms with E-state index >= 15 is 0 Å². The van der Waals surface area contributed by atoms with Crippen LogP contribution in [0.3, 0.4) is 0 Å². The maximum Gasteiger partial charge on any atom is 0.0916 e. The van der Waals surface area contributed by atoms with E-state index in [4.69, 9.17) is 4.74 Å². The number of nitrogens with zero attached hydrogens (tertiary/aromatic N) is 2. The minimum Gasteiger partial charge on any atom is -0.387 e. The zero-order valence-electron chi connectivity index (χ0n) is 15.0. The molecule has 2 aromatic rings. The van der Waals surface area contributed by atoms with Crippen LogP contribution in [-0.2, 0) is 17.8 Å². The Bertz CT molecular complexity index is 641. The number of likely N-dealkylation sites (N-methyl/N-ethyl adjacent to an activating group) is 1. The van der Waals surface area contributed by atoms with Crippen molar-refractivity contribution in [2.75, 3.05) is 39.9 Å². The number of morpholine rings is 1. The Kier molecular flexibility index (Phi) is 6.59. The average Bonchev–Trinajstić information content (AvgIpc) is 2.63. The topological polar surface area (TPSA) is 35.9 Å². The third-order valence-electron chi connectivity index (χ3n) is 4.62. The highest BCUT2D eigenvalue weighted by Gasteiger charge is 2.13. The lowest BCUT2D eigenvalue weighted by Gasteiger charge is -2.27. The predicted octanol–water partition coefficient (Wildman–Crippen LogP) is 2.68. The molecular weight excluding hydrogens is 312 g/mol. The maximum absolute atomic E-state index is 10.4. The summed E-state index contributed by atoms with van der Waals surface area (Å²) in [5.41, 5.74) is 3.60. The molecule has 1 saturated heterocycles.